The van der Waals surface area contributed by atoms with E-state index in [0.717, 1.165) is 46.1 Å². The average Bonchev–Trinajstić information content (AvgIpc) is 3.41. The predicted molar refractivity (Wildman–Crippen MR) is 118 cm³/mol. The minimum atomic E-state index is 0.0390. The van der Waals surface area contributed by atoms with Gasteiger partial charge in [-0.2, -0.15) is 0 Å². The summed E-state index contributed by atoms with van der Waals surface area (Å²) < 4.78 is 2.06. The Morgan fingerprint density at radius 2 is 2.08 bits per heavy atom. The van der Waals surface area contributed by atoms with Crippen molar-refractivity contribution in [2.24, 2.45) is 5.92 Å². The molecule has 6 nitrogen and oxygen atoms in total. The number of carbonyl (C=O) groups excluding carboxylic acids is 1. The highest BCUT2D eigenvalue weighted by molar-refractivity contribution is 14.2. The molecule has 4 rings (SSSR count). The molecule has 1 saturated carbocycles. The fourth-order valence-electron chi connectivity index (χ4n) is 2.71. The van der Waals surface area contributed by atoms with E-state index in [0.29, 0.717) is 12.2 Å². The summed E-state index contributed by atoms with van der Waals surface area (Å²) in [5.41, 5.74) is 3.24. The van der Waals surface area contributed by atoms with Gasteiger partial charge in [0, 0.05) is 16.9 Å². The zero-order valence-electron chi connectivity index (χ0n) is 14.0. The lowest BCUT2D eigenvalue weighted by atomic mass is 10.2. The Morgan fingerprint density at radius 3 is 2.77 bits per heavy atom. The SMILES string of the molecule is Cc1nc2c(Nc3ccccc3S)cc(NC(=O)C3CC3)nc2n1PI. The second-order valence-corrected chi connectivity index (χ2v) is 8.76. The van der Waals surface area contributed by atoms with Crippen molar-refractivity contribution in [1.29, 1.82) is 0 Å². The van der Waals surface area contributed by atoms with Gasteiger partial charge in [-0.1, -0.05) is 12.1 Å². The maximum Gasteiger partial charge on any atom is 0.228 e. The van der Waals surface area contributed by atoms with Crippen LogP contribution in [0.15, 0.2) is 35.2 Å². The predicted octanol–water partition coefficient (Wildman–Crippen LogP) is 4.91. The summed E-state index contributed by atoms with van der Waals surface area (Å²) in [6.45, 7) is 1.96. The summed E-state index contributed by atoms with van der Waals surface area (Å²) in [7, 11) is 0. The number of aryl methyl sites for hydroxylation is 1. The van der Waals surface area contributed by atoms with E-state index in [2.05, 4.69) is 59.6 Å². The summed E-state index contributed by atoms with van der Waals surface area (Å²) in [6.07, 6.45) is 2.39. The summed E-state index contributed by atoms with van der Waals surface area (Å²) in [6, 6.07) is 9.62. The minimum Gasteiger partial charge on any atom is -0.353 e. The van der Waals surface area contributed by atoms with Crippen molar-refractivity contribution >= 4 is 75.3 Å². The smallest absolute Gasteiger partial charge is 0.228 e. The number of carbonyl (C=O) groups is 1. The van der Waals surface area contributed by atoms with Crippen LogP contribution in [0.4, 0.5) is 17.2 Å². The Morgan fingerprint density at radius 1 is 1.31 bits per heavy atom. The molecule has 3 aromatic rings. The van der Waals surface area contributed by atoms with Crippen molar-refractivity contribution < 1.29 is 4.79 Å². The Balaban J connectivity index is 1.80. The molecule has 2 heterocycles. The highest BCUT2D eigenvalue weighted by atomic mass is 127. The molecule has 1 amide bonds. The summed E-state index contributed by atoms with van der Waals surface area (Å²) in [4.78, 5) is 22.4. The Hall–Kier alpha value is -1.38. The average molecular weight is 497 g/mol. The number of imidazole rings is 1. The molecule has 1 aromatic carbocycles. The van der Waals surface area contributed by atoms with Crippen molar-refractivity contribution in [3.05, 3.63) is 36.2 Å². The Labute approximate surface area is 171 Å². The zero-order valence-corrected chi connectivity index (χ0v) is 18.0. The zero-order chi connectivity index (χ0) is 18.3. The molecule has 0 aliphatic heterocycles. The van der Waals surface area contributed by atoms with Crippen LogP contribution in [0, 0.1) is 12.8 Å². The van der Waals surface area contributed by atoms with Crippen LogP contribution < -0.4 is 10.6 Å². The standard InChI is InChI=1S/C17H17IN5OPS/c1-9-19-15-12(20-11-4-2-3-5-13(11)26)8-14(21-16(15)23(9)25-18)22-17(24)10-6-7-10/h2-5,8,10,25-26H,6-7H2,1H3,(H2,20,21,22,24). The second-order valence-electron chi connectivity index (χ2n) is 6.21. The van der Waals surface area contributed by atoms with Gasteiger partial charge in [0.2, 0.25) is 5.91 Å². The number of nitrogens with zero attached hydrogens (tertiary/aromatic N) is 3. The van der Waals surface area contributed by atoms with Crippen molar-refractivity contribution in [2.75, 3.05) is 10.6 Å². The molecule has 1 aliphatic carbocycles. The first-order valence-electron chi connectivity index (χ1n) is 8.19. The van der Waals surface area contributed by atoms with Gasteiger partial charge in [0.05, 0.1) is 17.7 Å². The van der Waals surface area contributed by atoms with Gasteiger partial charge in [-0.3, -0.25) is 9.13 Å². The number of nitrogens with one attached hydrogen (secondary N) is 2. The third kappa shape index (κ3) is 3.54. The number of thiol groups is 1. The third-order valence-corrected chi connectivity index (χ3v) is 6.78. The molecular formula is C17H17IN5OPS. The number of benzene rings is 1. The molecule has 134 valence electrons. The maximum absolute atomic E-state index is 12.2. The van der Waals surface area contributed by atoms with Crippen LogP contribution in [0.1, 0.15) is 18.7 Å². The number of fused-ring (bicyclic) bond motifs is 1. The fraction of sp³-hybridized carbons (Fsp3) is 0.235. The number of rotatable bonds is 5. The lowest BCUT2D eigenvalue weighted by molar-refractivity contribution is -0.117. The maximum atomic E-state index is 12.2. The summed E-state index contributed by atoms with van der Waals surface area (Å²) in [5.74, 6) is 1.61. The van der Waals surface area contributed by atoms with Crippen LogP contribution in [0.2, 0.25) is 0 Å². The second kappa shape index (κ2) is 7.32. The minimum absolute atomic E-state index is 0.0390. The monoisotopic (exact) mass is 497 g/mol. The van der Waals surface area contributed by atoms with E-state index in [-0.39, 0.29) is 11.8 Å². The normalized spacial score (nSPS) is 14.3. The Kier molecular flexibility index (Phi) is 5.07. The van der Waals surface area contributed by atoms with Crippen molar-refractivity contribution in [3.63, 3.8) is 0 Å². The van der Waals surface area contributed by atoms with Crippen LogP contribution in [0.5, 0.6) is 0 Å². The molecule has 0 spiro atoms. The van der Waals surface area contributed by atoms with Gasteiger partial charge < -0.3 is 10.6 Å². The number of hydrogen-bond donors (Lipinski definition) is 3. The van der Waals surface area contributed by atoms with Crippen LogP contribution in [0.25, 0.3) is 11.2 Å². The summed E-state index contributed by atoms with van der Waals surface area (Å²) >= 11 is 6.82. The number of aromatic nitrogens is 3. The largest absolute Gasteiger partial charge is 0.353 e. The van der Waals surface area contributed by atoms with E-state index in [1.165, 1.54) is 0 Å². The van der Waals surface area contributed by atoms with Crippen molar-refractivity contribution in [3.8, 4) is 0 Å². The molecule has 1 atom stereocenters. The molecule has 0 bridgehead atoms. The van der Waals surface area contributed by atoms with E-state index in [4.69, 9.17) is 0 Å². The number of amides is 1. The van der Waals surface area contributed by atoms with E-state index < -0.39 is 0 Å². The Bertz CT molecular complexity index is 1000. The molecule has 1 unspecified atom stereocenters. The number of halogens is 1. The van der Waals surface area contributed by atoms with E-state index >= 15 is 0 Å². The number of anilines is 3. The van der Waals surface area contributed by atoms with Crippen LogP contribution in [0.3, 0.4) is 0 Å². The molecule has 0 radical (unpaired) electrons. The van der Waals surface area contributed by atoms with E-state index in [1.54, 1.807) is 0 Å². The van der Waals surface area contributed by atoms with E-state index in [9.17, 15) is 4.79 Å². The van der Waals surface area contributed by atoms with Crippen LogP contribution in [-0.2, 0) is 4.79 Å². The number of para-hydroxylation sites is 1. The fourth-order valence-corrected chi connectivity index (χ4v) is 5.07. The molecule has 0 saturated heterocycles. The molecule has 26 heavy (non-hydrogen) atoms. The highest BCUT2D eigenvalue weighted by Gasteiger charge is 2.30. The van der Waals surface area contributed by atoms with E-state index in [1.807, 2.05) is 37.3 Å². The summed E-state index contributed by atoms with van der Waals surface area (Å²) in [5, 5.41) is 6.34. The van der Waals surface area contributed by atoms with Crippen LogP contribution >= 0.6 is 41.0 Å². The van der Waals surface area contributed by atoms with Gasteiger partial charge in [0.25, 0.3) is 0 Å². The molecule has 1 fully saturated rings. The topological polar surface area (TPSA) is 71.8 Å². The molecule has 9 heteroatoms. The number of hydrogen-bond acceptors (Lipinski definition) is 5. The van der Waals surface area contributed by atoms with Crippen LogP contribution in [-0.4, -0.2) is 20.2 Å². The van der Waals surface area contributed by atoms with Gasteiger partial charge in [0.15, 0.2) is 5.65 Å². The van der Waals surface area contributed by atoms with Crippen molar-refractivity contribution in [2.45, 2.75) is 24.7 Å². The third-order valence-electron chi connectivity index (χ3n) is 4.24. The van der Waals surface area contributed by atoms with Gasteiger partial charge in [0.1, 0.15) is 17.2 Å². The molecule has 1 aliphatic rings. The molecular weight excluding hydrogens is 480 g/mol. The molecule has 2 aromatic heterocycles. The van der Waals surface area contributed by atoms with Gasteiger partial charge in [-0.25, -0.2) is 9.97 Å². The highest BCUT2D eigenvalue weighted by Crippen LogP contribution is 2.36. The van der Waals surface area contributed by atoms with Gasteiger partial charge >= 0.3 is 0 Å². The first-order valence-corrected chi connectivity index (χ1v) is 12.7. The first-order chi connectivity index (χ1) is 12.6. The van der Waals surface area contributed by atoms with Gasteiger partial charge in [-0.15, -0.1) is 12.6 Å². The van der Waals surface area contributed by atoms with Crippen molar-refractivity contribution in [1.82, 2.24) is 14.3 Å². The first kappa shape index (κ1) is 18.0. The number of pyridine rings is 1. The van der Waals surface area contributed by atoms with Gasteiger partial charge in [-0.05, 0) is 53.9 Å². The molecule has 2 N–H and O–H groups in total. The quantitative estimate of drug-likeness (QED) is 0.266. The lowest BCUT2D eigenvalue weighted by Crippen LogP contribution is -2.14. The lowest BCUT2D eigenvalue weighted by Gasteiger charge is -2.12.